The Hall–Kier alpha value is -1.31. The standard InChI is InChI=1S/C10H18NO3Si.C2F6NO4S2/c1-10-7-5-6-8-11(10)9-15(12-2,13-3)14-4;3-1(4,5)14(10,11)9-15(12,13)2(6,7)8/h5-8H,9H2,1-4H3;/q+1;-1. The van der Waals surface area contributed by atoms with Crippen LogP contribution in [0, 0.1) is 6.92 Å². The third kappa shape index (κ3) is 7.74. The van der Waals surface area contributed by atoms with E-state index >= 15 is 0 Å². The van der Waals surface area contributed by atoms with Gasteiger partial charge in [0, 0.05) is 40.4 Å². The highest BCUT2D eigenvalue weighted by atomic mass is 32.3. The molecule has 0 aliphatic rings. The van der Waals surface area contributed by atoms with E-state index in [9.17, 15) is 43.2 Å². The highest BCUT2D eigenvalue weighted by Gasteiger charge is 2.47. The maximum atomic E-state index is 11.4. The average Bonchev–Trinajstić information content (AvgIpc) is 2.59. The number of alkyl halides is 6. The lowest BCUT2D eigenvalue weighted by atomic mass is 10.4. The number of pyridine rings is 1. The molecule has 18 heteroatoms. The van der Waals surface area contributed by atoms with Gasteiger partial charge in [0.2, 0.25) is 6.17 Å². The molecule has 0 atom stereocenters. The van der Waals surface area contributed by atoms with Gasteiger partial charge < -0.3 is 17.4 Å². The van der Waals surface area contributed by atoms with Crippen LogP contribution in [0.3, 0.4) is 0 Å². The zero-order valence-electron chi connectivity index (χ0n) is 15.9. The molecule has 0 aliphatic heterocycles. The normalized spacial score (nSPS) is 13.5. The Bertz CT molecular complexity index is 852. The van der Waals surface area contributed by atoms with Crippen molar-refractivity contribution in [2.45, 2.75) is 24.1 Å². The molecule has 1 heterocycles. The van der Waals surface area contributed by atoms with Gasteiger partial charge in [-0.1, -0.05) is 6.07 Å². The number of hydrogen-bond donors (Lipinski definition) is 0. The van der Waals surface area contributed by atoms with Crippen LogP contribution in [0.5, 0.6) is 0 Å². The molecule has 0 saturated carbocycles. The first kappa shape index (κ1) is 28.7. The van der Waals surface area contributed by atoms with Crippen LogP contribution in [0.4, 0.5) is 26.3 Å². The number of aryl methyl sites for hydroxylation is 1. The van der Waals surface area contributed by atoms with Crippen molar-refractivity contribution in [3.05, 3.63) is 34.2 Å². The Kier molecular flexibility index (Phi) is 9.88. The first-order valence-electron chi connectivity index (χ1n) is 7.35. The molecule has 9 nitrogen and oxygen atoms in total. The van der Waals surface area contributed by atoms with Gasteiger partial charge in [0.05, 0.1) is 0 Å². The predicted molar refractivity (Wildman–Crippen MR) is 91.5 cm³/mol. The Morgan fingerprint density at radius 3 is 1.60 bits per heavy atom. The predicted octanol–water partition coefficient (Wildman–Crippen LogP) is 1.76. The van der Waals surface area contributed by atoms with Crippen LogP contribution in [0.25, 0.3) is 4.13 Å². The molecule has 0 amide bonds. The van der Waals surface area contributed by atoms with E-state index in [2.05, 4.69) is 4.57 Å². The average molecular weight is 508 g/mol. The first-order valence-corrected chi connectivity index (χ1v) is 12.2. The van der Waals surface area contributed by atoms with E-state index in [1.165, 1.54) is 0 Å². The van der Waals surface area contributed by atoms with Crippen molar-refractivity contribution >= 4 is 28.9 Å². The molecule has 30 heavy (non-hydrogen) atoms. The molecule has 0 fully saturated rings. The van der Waals surface area contributed by atoms with Crippen molar-refractivity contribution in [1.82, 2.24) is 0 Å². The van der Waals surface area contributed by atoms with E-state index in [0.717, 1.165) is 9.82 Å². The fourth-order valence-electron chi connectivity index (χ4n) is 1.61. The Labute approximate surface area is 170 Å². The SMILES string of the molecule is CO[Si](C[n+]1ccccc1C)(OC)OC.O=S(=O)([N-]S(=O)(=O)C(F)(F)F)C(F)(F)F. The lowest BCUT2D eigenvalue weighted by molar-refractivity contribution is -0.691. The summed E-state index contributed by atoms with van der Waals surface area (Å²) in [4.78, 5) is 0. The van der Waals surface area contributed by atoms with Crippen LogP contribution in [0.15, 0.2) is 24.4 Å². The minimum Gasteiger partial charge on any atom is -0.421 e. The fourth-order valence-corrected chi connectivity index (χ4v) is 4.97. The summed E-state index contributed by atoms with van der Waals surface area (Å²) in [5.74, 6) is 0. The van der Waals surface area contributed by atoms with Gasteiger partial charge in [-0.05, 0) is 0 Å². The highest BCUT2D eigenvalue weighted by Crippen LogP contribution is 2.36. The zero-order valence-corrected chi connectivity index (χ0v) is 18.5. The van der Waals surface area contributed by atoms with Gasteiger partial charge >= 0.3 is 19.8 Å². The molecule has 1 rings (SSSR count). The molecule has 1 aromatic rings. The topological polar surface area (TPSA) is 114 Å². The second kappa shape index (κ2) is 10.3. The second-order valence-electron chi connectivity index (χ2n) is 5.18. The van der Waals surface area contributed by atoms with Gasteiger partial charge in [-0.25, -0.2) is 16.8 Å². The summed E-state index contributed by atoms with van der Waals surface area (Å²) in [5.41, 5.74) is -11.3. The lowest BCUT2D eigenvalue weighted by Gasteiger charge is -2.22. The van der Waals surface area contributed by atoms with Crippen molar-refractivity contribution in [3.63, 3.8) is 0 Å². The molecule has 0 aromatic carbocycles. The highest BCUT2D eigenvalue weighted by molar-refractivity contribution is 8.13. The zero-order chi connectivity index (χ0) is 24.0. The van der Waals surface area contributed by atoms with Crippen molar-refractivity contribution < 1.29 is 61.0 Å². The molecule has 0 spiro atoms. The Morgan fingerprint density at radius 1 is 0.900 bits per heavy atom. The third-order valence-electron chi connectivity index (χ3n) is 3.25. The van der Waals surface area contributed by atoms with E-state index in [4.69, 9.17) is 13.3 Å². The Morgan fingerprint density at radius 2 is 1.30 bits per heavy atom. The van der Waals surface area contributed by atoms with Crippen LogP contribution in [-0.2, 0) is 39.5 Å². The van der Waals surface area contributed by atoms with E-state index in [0.29, 0.717) is 6.17 Å². The number of nitrogens with zero attached hydrogens (tertiary/aromatic N) is 2. The maximum absolute atomic E-state index is 11.4. The van der Waals surface area contributed by atoms with Crippen LogP contribution < -0.4 is 4.57 Å². The quantitative estimate of drug-likeness (QED) is 0.313. The van der Waals surface area contributed by atoms with Crippen molar-refractivity contribution in [1.29, 1.82) is 0 Å². The Balaban J connectivity index is 0.000000561. The molecule has 0 bridgehead atoms. The summed E-state index contributed by atoms with van der Waals surface area (Å²) in [6.07, 6.45) is 2.62. The summed E-state index contributed by atoms with van der Waals surface area (Å²) in [6, 6.07) is 6.02. The summed E-state index contributed by atoms with van der Waals surface area (Å²) >= 11 is 0. The van der Waals surface area contributed by atoms with Gasteiger partial charge in [0.1, 0.15) is 0 Å². The van der Waals surface area contributed by atoms with E-state index in [-0.39, 0.29) is 0 Å². The minimum atomic E-state index is -6.72. The minimum absolute atomic E-state index is 0.628. The maximum Gasteiger partial charge on any atom is 0.569 e. The number of sulfonamides is 2. The number of rotatable bonds is 7. The van der Waals surface area contributed by atoms with Crippen molar-refractivity contribution in [2.75, 3.05) is 21.3 Å². The summed E-state index contributed by atoms with van der Waals surface area (Å²) in [5, 5.41) is 0. The van der Waals surface area contributed by atoms with Gasteiger partial charge in [-0.3, -0.25) is 0 Å². The molecule has 0 aliphatic carbocycles. The fraction of sp³-hybridized carbons (Fsp3) is 0.583. The van der Waals surface area contributed by atoms with Crippen LogP contribution >= 0.6 is 0 Å². The molecule has 176 valence electrons. The molecular weight excluding hydrogens is 490 g/mol. The van der Waals surface area contributed by atoms with Crippen molar-refractivity contribution in [2.24, 2.45) is 0 Å². The van der Waals surface area contributed by atoms with Gasteiger partial charge in [0.15, 0.2) is 31.9 Å². The molecule has 0 N–H and O–H groups in total. The van der Waals surface area contributed by atoms with Crippen LogP contribution in [0.1, 0.15) is 5.69 Å². The van der Waals surface area contributed by atoms with E-state index in [1.807, 2.05) is 31.3 Å². The van der Waals surface area contributed by atoms with Crippen molar-refractivity contribution in [3.8, 4) is 0 Å². The second-order valence-corrected chi connectivity index (χ2v) is 11.5. The smallest absolute Gasteiger partial charge is 0.421 e. The first-order chi connectivity index (χ1) is 13.4. The van der Waals surface area contributed by atoms with Gasteiger partial charge in [-0.2, -0.15) is 30.9 Å². The lowest BCUT2D eigenvalue weighted by Crippen LogP contribution is -2.57. The molecule has 1 aromatic heterocycles. The van der Waals surface area contributed by atoms with E-state index < -0.39 is 39.9 Å². The summed E-state index contributed by atoms with van der Waals surface area (Å²) < 4.78 is 127. The number of halogens is 6. The summed E-state index contributed by atoms with van der Waals surface area (Å²) in [6.45, 7) is 2.04. The summed E-state index contributed by atoms with van der Waals surface area (Å²) in [7, 11) is -11.1. The molecular formula is C12H18F6N2O7S2Si. The molecule has 0 saturated heterocycles. The van der Waals surface area contributed by atoms with Gasteiger partial charge in [0.25, 0.3) is 0 Å². The largest absolute Gasteiger partial charge is 0.569 e. The van der Waals surface area contributed by atoms with Crippen LogP contribution in [-0.4, -0.2) is 58.0 Å². The molecule has 0 unspecified atom stereocenters. The monoisotopic (exact) mass is 508 g/mol. The number of aromatic nitrogens is 1. The number of hydrogen-bond acceptors (Lipinski definition) is 7. The third-order valence-corrected chi connectivity index (χ3v) is 8.58. The van der Waals surface area contributed by atoms with Gasteiger partial charge in [-0.15, -0.1) is 0 Å². The molecule has 0 radical (unpaired) electrons. The van der Waals surface area contributed by atoms with Crippen LogP contribution in [0.2, 0.25) is 0 Å². The van der Waals surface area contributed by atoms with E-state index in [1.54, 1.807) is 21.3 Å².